The van der Waals surface area contributed by atoms with Crippen molar-refractivity contribution in [3.8, 4) is 0 Å². The fourth-order valence-corrected chi connectivity index (χ4v) is 3.76. The summed E-state index contributed by atoms with van der Waals surface area (Å²) in [6.45, 7) is 0.628. The molecule has 3 aromatic rings. The van der Waals surface area contributed by atoms with Crippen LogP contribution in [-0.4, -0.2) is 21.6 Å². The van der Waals surface area contributed by atoms with Crippen molar-refractivity contribution in [1.82, 2.24) is 15.2 Å². The lowest BCUT2D eigenvalue weighted by Crippen LogP contribution is -2.26. The Labute approximate surface area is 165 Å². The summed E-state index contributed by atoms with van der Waals surface area (Å²) >= 11 is 0.879. The van der Waals surface area contributed by atoms with Crippen LogP contribution in [0.3, 0.4) is 0 Å². The van der Waals surface area contributed by atoms with E-state index in [0.29, 0.717) is 11.4 Å². The fraction of sp³-hybridized carbons (Fsp3) is 0.0952. The lowest BCUT2D eigenvalue weighted by Gasteiger charge is -2.07. The molecule has 0 aliphatic carbocycles. The maximum atomic E-state index is 12.4. The van der Waals surface area contributed by atoms with Crippen molar-refractivity contribution in [3.05, 3.63) is 76.8 Å². The van der Waals surface area contributed by atoms with Gasteiger partial charge in [0.1, 0.15) is 6.54 Å². The van der Waals surface area contributed by atoms with Crippen molar-refractivity contribution in [1.29, 1.82) is 0 Å². The quantitative estimate of drug-likeness (QED) is 0.654. The Bertz CT molecular complexity index is 1100. The third-order valence-corrected chi connectivity index (χ3v) is 5.21. The maximum Gasteiger partial charge on any atom is 0.290 e. The lowest BCUT2D eigenvalue weighted by atomic mass is 10.1. The minimum Gasteiger partial charge on any atom is -0.350 e. The standard InChI is InChI=1S/C21H17N3O3S/c25-19(22-11-14-6-2-1-3-7-14)13-24-12-15(16-8-4-5-9-17(16)24)10-18-20(26)23-21(27)28-18/h1-10,12H,11,13H2,(H,22,25)(H,23,26,27). The molecule has 0 atom stereocenters. The van der Waals surface area contributed by atoms with Crippen molar-refractivity contribution < 1.29 is 14.4 Å². The molecule has 140 valence electrons. The summed E-state index contributed by atoms with van der Waals surface area (Å²) < 4.78 is 1.85. The Kier molecular flexibility index (Phi) is 4.99. The molecular weight excluding hydrogens is 374 g/mol. The number of nitrogens with zero attached hydrogens (tertiary/aromatic N) is 1. The van der Waals surface area contributed by atoms with E-state index in [9.17, 15) is 14.4 Å². The van der Waals surface area contributed by atoms with Crippen molar-refractivity contribution in [2.75, 3.05) is 0 Å². The van der Waals surface area contributed by atoms with Gasteiger partial charge in [0, 0.05) is 29.2 Å². The summed E-state index contributed by atoms with van der Waals surface area (Å²) in [5.74, 6) is -0.501. The van der Waals surface area contributed by atoms with E-state index >= 15 is 0 Å². The average Bonchev–Trinajstić information content (AvgIpc) is 3.20. The molecule has 0 spiro atoms. The molecule has 2 aromatic carbocycles. The number of thioether (sulfide) groups is 1. The zero-order valence-corrected chi connectivity index (χ0v) is 15.7. The largest absolute Gasteiger partial charge is 0.350 e. The van der Waals surface area contributed by atoms with Crippen LogP contribution >= 0.6 is 11.8 Å². The molecule has 1 fully saturated rings. The van der Waals surface area contributed by atoms with Crippen LogP contribution in [0.4, 0.5) is 4.79 Å². The van der Waals surface area contributed by atoms with Gasteiger partial charge in [0.2, 0.25) is 5.91 Å². The molecule has 28 heavy (non-hydrogen) atoms. The molecule has 7 heteroatoms. The maximum absolute atomic E-state index is 12.4. The molecule has 2 N–H and O–H groups in total. The number of hydrogen-bond donors (Lipinski definition) is 2. The van der Waals surface area contributed by atoms with Gasteiger partial charge < -0.3 is 9.88 Å². The Morgan fingerprint density at radius 3 is 2.57 bits per heavy atom. The highest BCUT2D eigenvalue weighted by Crippen LogP contribution is 2.29. The van der Waals surface area contributed by atoms with Gasteiger partial charge >= 0.3 is 0 Å². The second-order valence-corrected chi connectivity index (χ2v) is 7.36. The summed E-state index contributed by atoms with van der Waals surface area (Å²) in [6, 6.07) is 17.4. The second kappa shape index (κ2) is 7.74. The van der Waals surface area contributed by atoms with Gasteiger partial charge in [0.25, 0.3) is 11.1 Å². The molecule has 3 amide bonds. The summed E-state index contributed by atoms with van der Waals surface area (Å²) in [5, 5.41) is 5.71. The molecule has 4 rings (SSSR count). The van der Waals surface area contributed by atoms with Crippen molar-refractivity contribution in [2.24, 2.45) is 0 Å². The van der Waals surface area contributed by atoms with Gasteiger partial charge in [-0.15, -0.1) is 0 Å². The van der Waals surface area contributed by atoms with Gasteiger partial charge in [-0.25, -0.2) is 0 Å². The number of amides is 3. The molecule has 2 heterocycles. The molecule has 1 aromatic heterocycles. The first kappa shape index (κ1) is 18.1. The van der Waals surface area contributed by atoms with Crippen LogP contribution in [0.5, 0.6) is 0 Å². The highest BCUT2D eigenvalue weighted by molar-refractivity contribution is 8.18. The first-order chi connectivity index (χ1) is 13.6. The van der Waals surface area contributed by atoms with Gasteiger partial charge in [-0.3, -0.25) is 19.7 Å². The monoisotopic (exact) mass is 391 g/mol. The number of carbonyl (C=O) groups is 3. The number of nitrogens with one attached hydrogen (secondary N) is 2. The van der Waals surface area contributed by atoms with Crippen LogP contribution in [0.15, 0.2) is 65.7 Å². The number of carbonyl (C=O) groups excluding carboxylic acids is 3. The lowest BCUT2D eigenvalue weighted by molar-refractivity contribution is -0.121. The Morgan fingerprint density at radius 1 is 1.07 bits per heavy atom. The van der Waals surface area contributed by atoms with Gasteiger partial charge in [-0.1, -0.05) is 48.5 Å². The van der Waals surface area contributed by atoms with E-state index in [1.165, 1.54) is 0 Å². The molecule has 1 aliphatic rings. The van der Waals surface area contributed by atoms with Crippen LogP contribution in [-0.2, 0) is 22.7 Å². The van der Waals surface area contributed by atoms with Gasteiger partial charge in [0.05, 0.1) is 4.91 Å². The third-order valence-electron chi connectivity index (χ3n) is 4.39. The smallest absolute Gasteiger partial charge is 0.290 e. The normalized spacial score (nSPS) is 15.2. The summed E-state index contributed by atoms with van der Waals surface area (Å²) in [6.07, 6.45) is 3.52. The van der Waals surface area contributed by atoms with E-state index in [1.54, 1.807) is 6.08 Å². The number of hydrogen-bond acceptors (Lipinski definition) is 4. The van der Waals surface area contributed by atoms with E-state index in [-0.39, 0.29) is 17.7 Å². The minimum absolute atomic E-state index is 0.105. The summed E-state index contributed by atoms with van der Waals surface area (Å²) in [5.41, 5.74) is 2.71. The highest BCUT2D eigenvalue weighted by Gasteiger charge is 2.25. The molecule has 1 aliphatic heterocycles. The number of imide groups is 1. The predicted octanol–water partition coefficient (Wildman–Crippen LogP) is 3.28. The second-order valence-electron chi connectivity index (χ2n) is 6.34. The van der Waals surface area contributed by atoms with Crippen molar-refractivity contribution >= 4 is 45.8 Å². The predicted molar refractivity (Wildman–Crippen MR) is 109 cm³/mol. The van der Waals surface area contributed by atoms with Crippen LogP contribution in [0.2, 0.25) is 0 Å². The SMILES string of the molecule is O=C(Cn1cc(C=C2SC(=O)NC2=O)c2ccccc21)NCc1ccccc1. The minimum atomic E-state index is -0.396. The van der Waals surface area contributed by atoms with E-state index in [1.807, 2.05) is 65.4 Å². The van der Waals surface area contributed by atoms with Gasteiger partial charge in [0.15, 0.2) is 0 Å². The number of benzene rings is 2. The van der Waals surface area contributed by atoms with Crippen LogP contribution in [0.1, 0.15) is 11.1 Å². The molecule has 1 saturated heterocycles. The first-order valence-corrected chi connectivity index (χ1v) is 9.55. The highest BCUT2D eigenvalue weighted by atomic mass is 32.2. The number of para-hydroxylation sites is 1. The Balaban J connectivity index is 1.56. The molecule has 6 nitrogen and oxygen atoms in total. The first-order valence-electron chi connectivity index (χ1n) is 8.73. The van der Waals surface area contributed by atoms with Crippen LogP contribution in [0, 0.1) is 0 Å². The zero-order valence-electron chi connectivity index (χ0n) is 14.8. The third kappa shape index (κ3) is 3.84. The van der Waals surface area contributed by atoms with Crippen molar-refractivity contribution in [2.45, 2.75) is 13.1 Å². The van der Waals surface area contributed by atoms with Crippen molar-refractivity contribution in [3.63, 3.8) is 0 Å². The Hall–Kier alpha value is -3.32. The number of rotatable bonds is 5. The molecule has 0 radical (unpaired) electrons. The number of fused-ring (bicyclic) bond motifs is 1. The van der Waals surface area contributed by atoms with E-state index in [4.69, 9.17) is 0 Å². The van der Waals surface area contributed by atoms with Crippen LogP contribution in [0.25, 0.3) is 17.0 Å². The molecular formula is C21H17N3O3S. The average molecular weight is 391 g/mol. The molecule has 0 bridgehead atoms. The van der Waals surface area contributed by atoms with E-state index < -0.39 is 5.91 Å². The molecule has 0 saturated carbocycles. The summed E-state index contributed by atoms with van der Waals surface area (Å²) in [7, 11) is 0. The Morgan fingerprint density at radius 2 is 1.82 bits per heavy atom. The summed E-state index contributed by atoms with van der Waals surface area (Å²) in [4.78, 5) is 36.0. The fourth-order valence-electron chi connectivity index (χ4n) is 3.09. The zero-order chi connectivity index (χ0) is 19.5. The topological polar surface area (TPSA) is 80.2 Å². The van der Waals surface area contributed by atoms with E-state index in [0.717, 1.165) is 33.8 Å². The van der Waals surface area contributed by atoms with Gasteiger partial charge in [-0.2, -0.15) is 0 Å². The van der Waals surface area contributed by atoms with Gasteiger partial charge in [-0.05, 0) is 29.5 Å². The number of aromatic nitrogens is 1. The van der Waals surface area contributed by atoms with E-state index in [2.05, 4.69) is 10.6 Å². The van der Waals surface area contributed by atoms with Crippen LogP contribution < -0.4 is 10.6 Å². The molecule has 0 unspecified atom stereocenters.